The summed E-state index contributed by atoms with van der Waals surface area (Å²) in [5.74, 6) is -0.586. The summed E-state index contributed by atoms with van der Waals surface area (Å²) in [4.78, 5) is 26.8. The normalized spacial score (nSPS) is 16.0. The van der Waals surface area contributed by atoms with Crippen molar-refractivity contribution in [3.8, 4) is 0 Å². The number of anilines is 1. The average molecular weight is 355 g/mol. The Morgan fingerprint density at radius 2 is 2.00 bits per heavy atom. The Morgan fingerprint density at radius 1 is 1.19 bits per heavy atom. The van der Waals surface area contributed by atoms with E-state index in [0.717, 1.165) is 25.3 Å². The Balaban J connectivity index is 1.54. The van der Waals surface area contributed by atoms with Crippen LogP contribution in [0.4, 0.5) is 5.69 Å². The summed E-state index contributed by atoms with van der Waals surface area (Å²) in [6, 6.07) is 8.80. The third-order valence-electron chi connectivity index (χ3n) is 4.57. The van der Waals surface area contributed by atoms with Gasteiger partial charge in [-0.25, -0.2) is 0 Å². The second-order valence-corrected chi connectivity index (χ2v) is 6.73. The Labute approximate surface area is 153 Å². The van der Waals surface area contributed by atoms with Crippen molar-refractivity contribution in [2.75, 3.05) is 18.4 Å². The molecule has 1 aliphatic heterocycles. The van der Waals surface area contributed by atoms with E-state index in [1.165, 1.54) is 37.4 Å². The molecule has 0 spiro atoms. The Morgan fingerprint density at radius 3 is 2.73 bits per heavy atom. The molecule has 1 saturated heterocycles. The highest BCUT2D eigenvalue weighted by atomic mass is 16.3. The van der Waals surface area contributed by atoms with Crippen molar-refractivity contribution in [2.24, 2.45) is 0 Å². The second-order valence-electron chi connectivity index (χ2n) is 6.73. The number of nitrogens with zero attached hydrogens (tertiary/aromatic N) is 1. The number of rotatable bonds is 6. The van der Waals surface area contributed by atoms with Crippen molar-refractivity contribution in [1.82, 2.24) is 10.2 Å². The number of hydrogen-bond donors (Lipinski definition) is 2. The first kappa shape index (κ1) is 18.2. The van der Waals surface area contributed by atoms with Gasteiger partial charge in [-0.05, 0) is 56.6 Å². The summed E-state index contributed by atoms with van der Waals surface area (Å²) >= 11 is 0. The van der Waals surface area contributed by atoms with Gasteiger partial charge in [-0.1, -0.05) is 18.6 Å². The zero-order valence-electron chi connectivity index (χ0n) is 15.0. The lowest BCUT2D eigenvalue weighted by Gasteiger charge is -2.26. The number of piperidine rings is 1. The number of nitrogens with one attached hydrogen (secondary N) is 2. The van der Waals surface area contributed by atoms with Gasteiger partial charge in [-0.2, -0.15) is 0 Å². The molecule has 2 N–H and O–H groups in total. The third-order valence-corrected chi connectivity index (χ3v) is 4.57. The predicted molar refractivity (Wildman–Crippen MR) is 99.8 cm³/mol. The van der Waals surface area contributed by atoms with E-state index >= 15 is 0 Å². The van der Waals surface area contributed by atoms with Crippen LogP contribution in [-0.4, -0.2) is 35.8 Å². The van der Waals surface area contributed by atoms with E-state index in [1.54, 1.807) is 13.0 Å². The fraction of sp³-hybridized carbons (Fsp3) is 0.400. The molecule has 2 aromatic rings. The van der Waals surface area contributed by atoms with E-state index in [1.807, 2.05) is 18.2 Å². The van der Waals surface area contributed by atoms with Crippen LogP contribution >= 0.6 is 0 Å². The fourth-order valence-electron chi connectivity index (χ4n) is 3.11. The van der Waals surface area contributed by atoms with Gasteiger partial charge in [-0.15, -0.1) is 0 Å². The number of amides is 2. The van der Waals surface area contributed by atoms with Crippen LogP contribution in [-0.2, 0) is 11.3 Å². The molecule has 6 heteroatoms. The molecule has 1 unspecified atom stereocenters. The minimum Gasteiger partial charge on any atom is -0.472 e. The predicted octanol–water partition coefficient (Wildman–Crippen LogP) is 3.02. The maximum Gasteiger partial charge on any atom is 0.255 e. The summed E-state index contributed by atoms with van der Waals surface area (Å²) in [6.07, 6.45) is 6.60. The number of furan rings is 1. The van der Waals surface area contributed by atoms with Gasteiger partial charge in [0.25, 0.3) is 5.91 Å². The van der Waals surface area contributed by atoms with Crippen LogP contribution in [0, 0.1) is 0 Å². The summed E-state index contributed by atoms with van der Waals surface area (Å²) in [7, 11) is 0. The highest BCUT2D eigenvalue weighted by molar-refractivity contribution is 6.00. The minimum atomic E-state index is -0.650. The molecule has 1 aliphatic rings. The molecule has 6 nitrogen and oxygen atoms in total. The van der Waals surface area contributed by atoms with Gasteiger partial charge in [0, 0.05) is 12.2 Å². The molecule has 0 bridgehead atoms. The van der Waals surface area contributed by atoms with Gasteiger partial charge >= 0.3 is 0 Å². The SMILES string of the molecule is CC(NC(=O)c1ccoc1)C(=O)Nc1cccc(CN2CCCCC2)c1. The molecule has 26 heavy (non-hydrogen) atoms. The summed E-state index contributed by atoms with van der Waals surface area (Å²) in [5.41, 5.74) is 2.32. The van der Waals surface area contributed by atoms with Crippen LogP contribution in [0.1, 0.15) is 42.1 Å². The van der Waals surface area contributed by atoms with Crippen molar-refractivity contribution < 1.29 is 14.0 Å². The van der Waals surface area contributed by atoms with Gasteiger partial charge in [0.05, 0.1) is 11.8 Å². The molecule has 0 aliphatic carbocycles. The lowest BCUT2D eigenvalue weighted by molar-refractivity contribution is -0.117. The van der Waals surface area contributed by atoms with Gasteiger partial charge in [0.15, 0.2) is 0 Å². The molecular formula is C20H25N3O3. The van der Waals surface area contributed by atoms with E-state index < -0.39 is 6.04 Å². The molecular weight excluding hydrogens is 330 g/mol. The number of carbonyl (C=O) groups excluding carboxylic acids is 2. The van der Waals surface area contributed by atoms with E-state index in [9.17, 15) is 9.59 Å². The largest absolute Gasteiger partial charge is 0.472 e. The fourth-order valence-corrected chi connectivity index (χ4v) is 3.11. The molecule has 0 radical (unpaired) electrons. The van der Waals surface area contributed by atoms with Gasteiger partial charge in [-0.3, -0.25) is 14.5 Å². The molecule has 2 heterocycles. The average Bonchev–Trinajstić information content (AvgIpc) is 3.17. The van der Waals surface area contributed by atoms with Crippen LogP contribution in [0.5, 0.6) is 0 Å². The summed E-state index contributed by atoms with van der Waals surface area (Å²) in [6.45, 7) is 4.82. The maximum absolute atomic E-state index is 12.4. The van der Waals surface area contributed by atoms with Gasteiger partial charge in [0.1, 0.15) is 12.3 Å². The minimum absolute atomic E-state index is 0.253. The molecule has 138 valence electrons. The quantitative estimate of drug-likeness (QED) is 0.835. The lowest BCUT2D eigenvalue weighted by Crippen LogP contribution is -2.41. The van der Waals surface area contributed by atoms with Crippen LogP contribution in [0.25, 0.3) is 0 Å². The van der Waals surface area contributed by atoms with Crippen molar-refractivity contribution >= 4 is 17.5 Å². The smallest absolute Gasteiger partial charge is 0.255 e. The second kappa shape index (κ2) is 8.67. The van der Waals surface area contributed by atoms with Crippen LogP contribution in [0.2, 0.25) is 0 Å². The van der Waals surface area contributed by atoms with Crippen LogP contribution in [0.3, 0.4) is 0 Å². The zero-order chi connectivity index (χ0) is 18.4. The molecule has 2 amide bonds. The number of hydrogen-bond acceptors (Lipinski definition) is 4. The van der Waals surface area contributed by atoms with Gasteiger partial charge < -0.3 is 15.1 Å². The number of likely N-dealkylation sites (tertiary alicyclic amines) is 1. The molecule has 1 fully saturated rings. The zero-order valence-corrected chi connectivity index (χ0v) is 15.0. The summed E-state index contributed by atoms with van der Waals surface area (Å²) in [5, 5.41) is 5.54. The first-order chi connectivity index (χ1) is 12.6. The van der Waals surface area contributed by atoms with E-state index in [2.05, 4.69) is 21.6 Å². The third kappa shape index (κ3) is 4.95. The highest BCUT2D eigenvalue weighted by Gasteiger charge is 2.17. The highest BCUT2D eigenvalue weighted by Crippen LogP contribution is 2.16. The van der Waals surface area contributed by atoms with Crippen LogP contribution in [0.15, 0.2) is 47.3 Å². The van der Waals surface area contributed by atoms with Crippen molar-refractivity contribution in [3.63, 3.8) is 0 Å². The van der Waals surface area contributed by atoms with E-state index in [-0.39, 0.29) is 11.8 Å². The lowest BCUT2D eigenvalue weighted by atomic mass is 10.1. The molecule has 1 aromatic carbocycles. The first-order valence-corrected chi connectivity index (χ1v) is 9.07. The molecule has 0 saturated carbocycles. The standard InChI is InChI=1S/C20H25N3O3/c1-15(21-20(25)17-8-11-26-14-17)19(24)22-18-7-5-6-16(12-18)13-23-9-3-2-4-10-23/h5-8,11-12,14-15H,2-4,9-10,13H2,1H3,(H,21,25)(H,22,24). The van der Waals surface area contributed by atoms with Crippen molar-refractivity contribution in [1.29, 1.82) is 0 Å². The van der Waals surface area contributed by atoms with Gasteiger partial charge in [0.2, 0.25) is 5.91 Å². The first-order valence-electron chi connectivity index (χ1n) is 9.07. The van der Waals surface area contributed by atoms with Crippen molar-refractivity contribution in [3.05, 3.63) is 54.0 Å². The maximum atomic E-state index is 12.4. The Hall–Kier alpha value is -2.60. The molecule has 3 rings (SSSR count). The Bertz CT molecular complexity index is 737. The topological polar surface area (TPSA) is 74.6 Å². The van der Waals surface area contributed by atoms with Crippen molar-refractivity contribution in [2.45, 2.75) is 38.8 Å². The van der Waals surface area contributed by atoms with E-state index in [4.69, 9.17) is 4.42 Å². The number of carbonyl (C=O) groups is 2. The van der Waals surface area contributed by atoms with Crippen LogP contribution < -0.4 is 10.6 Å². The Kier molecular flexibility index (Phi) is 6.07. The molecule has 1 aromatic heterocycles. The molecule has 1 atom stereocenters. The number of benzene rings is 1. The van der Waals surface area contributed by atoms with E-state index in [0.29, 0.717) is 5.56 Å². The summed E-state index contributed by atoms with van der Waals surface area (Å²) < 4.78 is 4.88. The monoisotopic (exact) mass is 355 g/mol.